The van der Waals surface area contributed by atoms with Crippen molar-refractivity contribution in [1.29, 1.82) is 0 Å². The Morgan fingerprint density at radius 3 is 2.38 bits per heavy atom. The van der Waals surface area contributed by atoms with Crippen molar-refractivity contribution in [2.75, 3.05) is 6.61 Å². The van der Waals surface area contributed by atoms with Crippen molar-refractivity contribution >= 4 is 0 Å². The van der Waals surface area contributed by atoms with Crippen LogP contribution in [0.25, 0.3) is 0 Å². The van der Waals surface area contributed by atoms with Crippen LogP contribution in [-0.2, 0) is 13.0 Å². The molecule has 4 heteroatoms. The minimum Gasteiger partial charge on any atom is -0.494 e. The molecule has 2 rings (SSSR count). The summed E-state index contributed by atoms with van der Waals surface area (Å²) in [5.74, 6) is 0.880. The van der Waals surface area contributed by atoms with Gasteiger partial charge in [0.2, 0.25) is 0 Å². The minimum absolute atomic E-state index is 0.140. The van der Waals surface area contributed by atoms with E-state index in [9.17, 15) is 5.11 Å². The highest BCUT2D eigenvalue weighted by Gasteiger charge is 2.23. The van der Waals surface area contributed by atoms with Crippen molar-refractivity contribution in [2.24, 2.45) is 5.73 Å². The summed E-state index contributed by atoms with van der Waals surface area (Å²) in [6.07, 6.45) is 5.20. The number of benzene rings is 2. The van der Waals surface area contributed by atoms with E-state index in [1.54, 1.807) is 6.92 Å². The summed E-state index contributed by atoms with van der Waals surface area (Å²) in [4.78, 5) is 0. The summed E-state index contributed by atoms with van der Waals surface area (Å²) in [6.45, 7) is 7.57. The molecule has 29 heavy (non-hydrogen) atoms. The molecule has 0 heterocycles. The summed E-state index contributed by atoms with van der Waals surface area (Å²) < 4.78 is 5.85. The predicted octanol–water partition coefficient (Wildman–Crippen LogP) is 4.75. The molecule has 4 N–H and O–H groups in total. The number of aliphatic hydroxyl groups excluding tert-OH is 1. The van der Waals surface area contributed by atoms with Gasteiger partial charge in [-0.1, -0.05) is 69.5 Å². The fraction of sp³-hybridized carbons (Fsp3) is 0.520. The van der Waals surface area contributed by atoms with Gasteiger partial charge >= 0.3 is 0 Å². The van der Waals surface area contributed by atoms with E-state index in [0.717, 1.165) is 30.8 Å². The highest BCUT2D eigenvalue weighted by molar-refractivity contribution is 5.30. The number of hydrogen-bond donors (Lipinski definition) is 3. The first-order valence-electron chi connectivity index (χ1n) is 11.0. The molecule has 0 bridgehead atoms. The SMILES string of the molecule is CCCCCCOc1ccc(C(NCc2cccc(CC)c2)[C@H](N)[C@@H](C)O)cc1. The normalized spacial score (nSPS) is 14.4. The van der Waals surface area contributed by atoms with Crippen LogP contribution >= 0.6 is 0 Å². The van der Waals surface area contributed by atoms with Gasteiger partial charge in [0.1, 0.15) is 5.75 Å². The van der Waals surface area contributed by atoms with Gasteiger partial charge in [-0.2, -0.15) is 0 Å². The van der Waals surface area contributed by atoms with Crippen LogP contribution < -0.4 is 15.8 Å². The molecule has 4 nitrogen and oxygen atoms in total. The number of nitrogens with two attached hydrogens (primary N) is 1. The molecular weight excluding hydrogens is 360 g/mol. The maximum Gasteiger partial charge on any atom is 0.119 e. The number of unbranched alkanes of at least 4 members (excludes halogenated alkanes) is 3. The zero-order chi connectivity index (χ0) is 21.1. The summed E-state index contributed by atoms with van der Waals surface area (Å²) in [5, 5.41) is 13.6. The Morgan fingerprint density at radius 2 is 1.72 bits per heavy atom. The molecule has 0 aliphatic carbocycles. The Bertz CT molecular complexity index is 700. The number of aryl methyl sites for hydroxylation is 1. The van der Waals surface area contributed by atoms with E-state index in [2.05, 4.69) is 43.4 Å². The van der Waals surface area contributed by atoms with Crippen molar-refractivity contribution in [1.82, 2.24) is 5.32 Å². The second-order valence-corrected chi connectivity index (χ2v) is 7.83. The van der Waals surface area contributed by atoms with Crippen LogP contribution in [0.4, 0.5) is 0 Å². The predicted molar refractivity (Wildman–Crippen MR) is 121 cm³/mol. The molecule has 0 amide bonds. The van der Waals surface area contributed by atoms with Crippen LogP contribution in [-0.4, -0.2) is 23.9 Å². The van der Waals surface area contributed by atoms with Crippen LogP contribution in [0.2, 0.25) is 0 Å². The number of hydrogen-bond acceptors (Lipinski definition) is 4. The lowest BCUT2D eigenvalue weighted by Crippen LogP contribution is -2.44. The second-order valence-electron chi connectivity index (χ2n) is 7.83. The van der Waals surface area contributed by atoms with Crippen LogP contribution in [0.1, 0.15) is 69.2 Å². The maximum absolute atomic E-state index is 10.1. The Morgan fingerprint density at radius 1 is 1.00 bits per heavy atom. The first kappa shape index (κ1) is 23.4. The van der Waals surface area contributed by atoms with Gasteiger partial charge in [-0.25, -0.2) is 0 Å². The van der Waals surface area contributed by atoms with E-state index >= 15 is 0 Å². The van der Waals surface area contributed by atoms with Crippen LogP contribution in [0.3, 0.4) is 0 Å². The van der Waals surface area contributed by atoms with Crippen molar-refractivity contribution < 1.29 is 9.84 Å². The smallest absolute Gasteiger partial charge is 0.119 e. The molecule has 2 aromatic carbocycles. The fourth-order valence-corrected chi connectivity index (χ4v) is 3.43. The quantitative estimate of drug-likeness (QED) is 0.426. The topological polar surface area (TPSA) is 67.5 Å². The zero-order valence-corrected chi connectivity index (χ0v) is 18.2. The van der Waals surface area contributed by atoms with Gasteiger partial charge in [0.25, 0.3) is 0 Å². The zero-order valence-electron chi connectivity index (χ0n) is 18.2. The highest BCUT2D eigenvalue weighted by Crippen LogP contribution is 2.22. The average Bonchev–Trinajstić information content (AvgIpc) is 2.74. The lowest BCUT2D eigenvalue weighted by atomic mass is 9.96. The molecule has 3 atom stereocenters. The molecule has 0 radical (unpaired) electrons. The molecule has 1 unspecified atom stereocenters. The number of nitrogens with one attached hydrogen (secondary N) is 1. The van der Waals surface area contributed by atoms with Gasteiger partial charge in [0.15, 0.2) is 0 Å². The Kier molecular flexibility index (Phi) is 10.2. The molecular formula is C25H38N2O2. The molecule has 0 aliphatic rings. The Hall–Kier alpha value is -1.88. The summed E-state index contributed by atoms with van der Waals surface area (Å²) in [6, 6.07) is 16.1. The first-order valence-corrected chi connectivity index (χ1v) is 11.0. The van der Waals surface area contributed by atoms with Crippen LogP contribution in [0, 0.1) is 0 Å². The van der Waals surface area contributed by atoms with Crippen molar-refractivity contribution in [2.45, 2.75) is 77.6 Å². The van der Waals surface area contributed by atoms with E-state index in [4.69, 9.17) is 10.5 Å². The van der Waals surface area contributed by atoms with Crippen LogP contribution in [0.5, 0.6) is 5.75 Å². The molecule has 0 saturated carbocycles. The summed E-state index contributed by atoms with van der Waals surface area (Å²) >= 11 is 0. The van der Waals surface area contributed by atoms with Gasteiger partial charge in [-0.3, -0.25) is 0 Å². The summed E-state index contributed by atoms with van der Waals surface area (Å²) in [7, 11) is 0. The molecule has 0 saturated heterocycles. The number of aliphatic hydroxyl groups is 1. The van der Waals surface area contributed by atoms with Gasteiger partial charge in [0, 0.05) is 12.6 Å². The van der Waals surface area contributed by atoms with Crippen molar-refractivity contribution in [3.63, 3.8) is 0 Å². The number of ether oxygens (including phenoxy) is 1. The summed E-state index contributed by atoms with van der Waals surface area (Å²) in [5.41, 5.74) is 9.93. The van der Waals surface area contributed by atoms with E-state index in [-0.39, 0.29) is 6.04 Å². The third-order valence-corrected chi connectivity index (χ3v) is 5.37. The molecule has 160 valence electrons. The lowest BCUT2D eigenvalue weighted by molar-refractivity contribution is 0.142. The van der Waals surface area contributed by atoms with E-state index in [1.807, 2.05) is 24.3 Å². The van der Waals surface area contributed by atoms with E-state index < -0.39 is 12.1 Å². The van der Waals surface area contributed by atoms with Gasteiger partial charge in [-0.05, 0) is 48.6 Å². The van der Waals surface area contributed by atoms with E-state index in [0.29, 0.717) is 6.54 Å². The largest absolute Gasteiger partial charge is 0.494 e. The van der Waals surface area contributed by atoms with Crippen molar-refractivity contribution in [3.05, 3.63) is 65.2 Å². The van der Waals surface area contributed by atoms with Gasteiger partial charge < -0.3 is 20.9 Å². The molecule has 0 aromatic heterocycles. The number of rotatable bonds is 13. The molecule has 0 aliphatic heterocycles. The van der Waals surface area contributed by atoms with Gasteiger partial charge in [-0.15, -0.1) is 0 Å². The lowest BCUT2D eigenvalue weighted by Gasteiger charge is -2.28. The van der Waals surface area contributed by atoms with E-state index in [1.165, 1.54) is 30.4 Å². The molecule has 0 spiro atoms. The van der Waals surface area contributed by atoms with Crippen LogP contribution in [0.15, 0.2) is 48.5 Å². The first-order chi connectivity index (χ1) is 14.0. The van der Waals surface area contributed by atoms with Crippen molar-refractivity contribution in [3.8, 4) is 5.75 Å². The highest BCUT2D eigenvalue weighted by atomic mass is 16.5. The minimum atomic E-state index is -0.607. The third-order valence-electron chi connectivity index (χ3n) is 5.37. The monoisotopic (exact) mass is 398 g/mol. The second kappa shape index (κ2) is 12.6. The Balaban J connectivity index is 2.01. The maximum atomic E-state index is 10.1. The standard InChI is InChI=1S/C25H38N2O2/c1-4-6-7-8-16-29-23-14-12-22(13-15-23)25(24(26)19(3)28)27-18-21-11-9-10-20(5-2)17-21/h9-15,17,19,24-25,27-28H,4-8,16,18,26H2,1-3H3/t19-,24-,25?/m1/s1. The average molecular weight is 399 g/mol. The fourth-order valence-electron chi connectivity index (χ4n) is 3.43. The third kappa shape index (κ3) is 7.81. The van der Waals surface area contributed by atoms with Gasteiger partial charge in [0.05, 0.1) is 18.8 Å². The Labute approximate surface area is 176 Å². The molecule has 2 aromatic rings. The molecule has 0 fully saturated rings.